The maximum absolute atomic E-state index is 11.3. The van der Waals surface area contributed by atoms with Crippen LogP contribution in [0.3, 0.4) is 0 Å². The Morgan fingerprint density at radius 1 is 1.53 bits per heavy atom. The van der Waals surface area contributed by atoms with E-state index < -0.39 is 10.9 Å². The van der Waals surface area contributed by atoms with Crippen molar-refractivity contribution in [2.45, 2.75) is 20.3 Å². The Kier molecular flexibility index (Phi) is 4.45. The lowest BCUT2D eigenvalue weighted by atomic mass is 10.1. The molecule has 0 aromatic heterocycles. The first-order valence-electron chi connectivity index (χ1n) is 5.05. The molecule has 1 rings (SSSR count). The Bertz CT molecular complexity index is 459. The summed E-state index contributed by atoms with van der Waals surface area (Å²) in [6.45, 7) is 3.63. The minimum atomic E-state index is -0.556. The van der Waals surface area contributed by atoms with E-state index in [0.29, 0.717) is 5.56 Å². The van der Waals surface area contributed by atoms with Gasteiger partial charge < -0.3 is 4.74 Å². The van der Waals surface area contributed by atoms with Crippen molar-refractivity contribution >= 4 is 23.3 Å². The number of aryl methyl sites for hydroxylation is 1. The van der Waals surface area contributed by atoms with E-state index in [0.717, 1.165) is 0 Å². The summed E-state index contributed by atoms with van der Waals surface area (Å²) in [5.41, 5.74) is 0.736. The van der Waals surface area contributed by atoms with Crippen LogP contribution < -0.4 is 0 Å². The third-order valence-electron chi connectivity index (χ3n) is 2.23. The predicted molar refractivity (Wildman–Crippen MR) is 63.2 cm³/mol. The lowest BCUT2D eigenvalue weighted by molar-refractivity contribution is -0.385. The quantitative estimate of drug-likeness (QED) is 0.472. The van der Waals surface area contributed by atoms with Crippen LogP contribution in [-0.4, -0.2) is 17.5 Å². The Hall–Kier alpha value is -1.62. The summed E-state index contributed by atoms with van der Waals surface area (Å²) >= 11 is 5.97. The number of hydrogen-bond donors (Lipinski definition) is 0. The van der Waals surface area contributed by atoms with E-state index in [1.165, 1.54) is 6.07 Å². The van der Waals surface area contributed by atoms with Crippen LogP contribution in [0.2, 0.25) is 5.02 Å². The highest BCUT2D eigenvalue weighted by molar-refractivity contribution is 6.32. The minimum absolute atomic E-state index is 0.159. The smallest absolute Gasteiger partial charge is 0.310 e. The molecule has 0 unspecified atom stereocenters. The van der Waals surface area contributed by atoms with Gasteiger partial charge in [-0.2, -0.15) is 0 Å². The summed E-state index contributed by atoms with van der Waals surface area (Å²) in [7, 11) is 0. The Morgan fingerprint density at radius 3 is 2.71 bits per heavy atom. The van der Waals surface area contributed by atoms with Gasteiger partial charge >= 0.3 is 5.97 Å². The molecule has 17 heavy (non-hydrogen) atoms. The third kappa shape index (κ3) is 3.17. The zero-order valence-electron chi connectivity index (χ0n) is 9.53. The Balaban J connectivity index is 3.14. The van der Waals surface area contributed by atoms with E-state index in [9.17, 15) is 14.9 Å². The number of nitrogens with zero attached hydrogens (tertiary/aromatic N) is 1. The van der Waals surface area contributed by atoms with Crippen LogP contribution >= 0.6 is 11.6 Å². The Morgan fingerprint density at radius 2 is 2.18 bits per heavy atom. The minimum Gasteiger partial charge on any atom is -0.466 e. The number of benzene rings is 1. The number of nitro groups is 1. The third-order valence-corrected chi connectivity index (χ3v) is 2.76. The van der Waals surface area contributed by atoms with Gasteiger partial charge in [0.1, 0.15) is 0 Å². The molecular weight excluding hydrogens is 246 g/mol. The number of rotatable bonds is 4. The molecule has 1 aromatic rings. The normalized spacial score (nSPS) is 10.1. The first-order chi connectivity index (χ1) is 7.97. The average molecular weight is 258 g/mol. The van der Waals surface area contributed by atoms with Gasteiger partial charge in [0.25, 0.3) is 5.69 Å². The van der Waals surface area contributed by atoms with E-state index >= 15 is 0 Å². The van der Waals surface area contributed by atoms with Gasteiger partial charge in [0.05, 0.1) is 28.5 Å². The fraction of sp³-hybridized carbons (Fsp3) is 0.364. The van der Waals surface area contributed by atoms with Gasteiger partial charge in [0, 0.05) is 6.07 Å². The molecule has 0 aliphatic heterocycles. The van der Waals surface area contributed by atoms with Crippen molar-refractivity contribution in [2.24, 2.45) is 0 Å². The Labute approximate surface area is 103 Å². The molecule has 0 fully saturated rings. The van der Waals surface area contributed by atoms with E-state index in [-0.39, 0.29) is 29.3 Å². The van der Waals surface area contributed by atoms with Crippen molar-refractivity contribution < 1.29 is 14.5 Å². The number of hydrogen-bond acceptors (Lipinski definition) is 4. The molecule has 0 bridgehead atoms. The summed E-state index contributed by atoms with van der Waals surface area (Å²) in [5.74, 6) is -0.525. The maximum Gasteiger partial charge on any atom is 0.310 e. The molecule has 92 valence electrons. The van der Waals surface area contributed by atoms with Crippen molar-refractivity contribution in [3.8, 4) is 0 Å². The highest BCUT2D eigenvalue weighted by Gasteiger charge is 2.21. The lowest BCUT2D eigenvalue weighted by Gasteiger charge is -2.07. The largest absolute Gasteiger partial charge is 0.466 e. The van der Waals surface area contributed by atoms with Gasteiger partial charge in [0.2, 0.25) is 0 Å². The van der Waals surface area contributed by atoms with Crippen LogP contribution in [0.1, 0.15) is 18.1 Å². The molecule has 0 amide bonds. The highest BCUT2D eigenvalue weighted by atomic mass is 35.5. The van der Waals surface area contributed by atoms with Crippen LogP contribution in [0, 0.1) is 17.0 Å². The number of nitro benzene ring substituents is 1. The molecule has 0 heterocycles. The molecule has 0 aliphatic rings. The van der Waals surface area contributed by atoms with Gasteiger partial charge in [-0.1, -0.05) is 17.7 Å². The van der Waals surface area contributed by atoms with Gasteiger partial charge in [-0.3, -0.25) is 14.9 Å². The first-order valence-corrected chi connectivity index (χ1v) is 5.43. The molecule has 0 N–H and O–H groups in total. The van der Waals surface area contributed by atoms with Gasteiger partial charge in [-0.15, -0.1) is 0 Å². The summed E-state index contributed by atoms with van der Waals surface area (Å²) in [6, 6.07) is 2.89. The molecular formula is C11H12ClNO4. The average Bonchev–Trinajstić information content (AvgIpc) is 2.25. The fourth-order valence-corrected chi connectivity index (χ4v) is 1.65. The molecule has 0 saturated carbocycles. The second-order valence-electron chi connectivity index (χ2n) is 3.43. The number of halogens is 1. The molecule has 6 heteroatoms. The molecule has 0 spiro atoms. The first kappa shape index (κ1) is 13.4. The number of esters is 1. The maximum atomic E-state index is 11.3. The zero-order chi connectivity index (χ0) is 13.0. The van der Waals surface area contributed by atoms with E-state index in [1.807, 2.05) is 0 Å². The molecule has 1 aromatic carbocycles. The monoisotopic (exact) mass is 257 g/mol. The van der Waals surface area contributed by atoms with Gasteiger partial charge in [-0.05, 0) is 19.4 Å². The number of carbonyl (C=O) groups is 1. The van der Waals surface area contributed by atoms with E-state index in [1.54, 1.807) is 19.9 Å². The highest BCUT2D eigenvalue weighted by Crippen LogP contribution is 2.30. The predicted octanol–water partition coefficient (Wildman–Crippen LogP) is 2.66. The number of ether oxygens (including phenoxy) is 1. The van der Waals surface area contributed by atoms with Crippen molar-refractivity contribution in [3.05, 3.63) is 38.4 Å². The molecule has 0 saturated heterocycles. The zero-order valence-corrected chi connectivity index (χ0v) is 10.3. The van der Waals surface area contributed by atoms with Crippen molar-refractivity contribution in [1.82, 2.24) is 0 Å². The fourth-order valence-electron chi connectivity index (χ4n) is 1.42. The molecule has 0 atom stereocenters. The summed E-state index contributed by atoms with van der Waals surface area (Å²) < 4.78 is 4.76. The summed E-state index contributed by atoms with van der Waals surface area (Å²) in [4.78, 5) is 21.6. The van der Waals surface area contributed by atoms with E-state index in [2.05, 4.69) is 0 Å². The number of carbonyl (C=O) groups excluding carboxylic acids is 1. The van der Waals surface area contributed by atoms with Crippen LogP contribution in [0.5, 0.6) is 0 Å². The van der Waals surface area contributed by atoms with Crippen molar-refractivity contribution in [3.63, 3.8) is 0 Å². The topological polar surface area (TPSA) is 69.4 Å². The summed E-state index contributed by atoms with van der Waals surface area (Å²) in [6.07, 6.45) is -0.190. The van der Waals surface area contributed by atoms with Crippen LogP contribution in [0.25, 0.3) is 0 Å². The molecule has 5 nitrogen and oxygen atoms in total. The lowest BCUT2D eigenvalue weighted by Crippen LogP contribution is -2.10. The van der Waals surface area contributed by atoms with Crippen LogP contribution in [0.15, 0.2) is 12.1 Å². The van der Waals surface area contributed by atoms with Gasteiger partial charge in [-0.25, -0.2) is 0 Å². The van der Waals surface area contributed by atoms with Crippen LogP contribution in [0.4, 0.5) is 5.69 Å². The summed E-state index contributed by atoms with van der Waals surface area (Å²) in [5, 5.41) is 11.1. The SMILES string of the molecule is CCOC(=O)Cc1c([N+](=O)[O-])ccc(C)c1Cl. The molecule has 0 aliphatic carbocycles. The molecule has 0 radical (unpaired) electrons. The van der Waals surface area contributed by atoms with Crippen LogP contribution in [-0.2, 0) is 16.0 Å². The second-order valence-corrected chi connectivity index (χ2v) is 3.81. The van der Waals surface area contributed by atoms with Gasteiger partial charge in [0.15, 0.2) is 0 Å². The van der Waals surface area contributed by atoms with E-state index in [4.69, 9.17) is 16.3 Å². The second kappa shape index (κ2) is 5.63. The van der Waals surface area contributed by atoms with Crippen molar-refractivity contribution in [1.29, 1.82) is 0 Å². The standard InChI is InChI=1S/C11H12ClNO4/c1-3-17-10(14)6-8-9(13(15)16)5-4-7(2)11(8)12/h4-5H,3,6H2,1-2H3. The van der Waals surface area contributed by atoms with Crippen molar-refractivity contribution in [2.75, 3.05) is 6.61 Å².